The molecule has 1 heterocycles. The molecule has 1 amide bonds. The lowest BCUT2D eigenvalue weighted by atomic mass is 10.2. The minimum atomic E-state index is 0. The SMILES string of the molecule is CCNC(=NCc1ccc(Cl)cc1OC)NC1CCN(C(=O)C(C)C)C1.I. The number of guanidine groups is 1. The number of rotatable bonds is 6. The van der Waals surface area contributed by atoms with E-state index in [2.05, 4.69) is 15.6 Å². The average molecular weight is 509 g/mol. The first-order valence-electron chi connectivity index (χ1n) is 9.10. The molecule has 0 saturated carbocycles. The van der Waals surface area contributed by atoms with Gasteiger partial charge in [-0.3, -0.25) is 4.79 Å². The van der Waals surface area contributed by atoms with Crippen LogP contribution in [0.5, 0.6) is 5.75 Å². The van der Waals surface area contributed by atoms with Crippen LogP contribution in [-0.2, 0) is 11.3 Å². The van der Waals surface area contributed by atoms with Gasteiger partial charge in [-0.2, -0.15) is 0 Å². The third kappa shape index (κ3) is 7.03. The first kappa shape index (κ1) is 23.8. The molecule has 0 bridgehead atoms. The van der Waals surface area contributed by atoms with Gasteiger partial charge in [0.1, 0.15) is 5.75 Å². The molecule has 27 heavy (non-hydrogen) atoms. The fraction of sp³-hybridized carbons (Fsp3) is 0.579. The lowest BCUT2D eigenvalue weighted by molar-refractivity contribution is -0.133. The lowest BCUT2D eigenvalue weighted by Gasteiger charge is -2.20. The van der Waals surface area contributed by atoms with Gasteiger partial charge < -0.3 is 20.3 Å². The molecule has 152 valence electrons. The summed E-state index contributed by atoms with van der Waals surface area (Å²) in [5.74, 6) is 1.72. The molecule has 1 unspecified atom stereocenters. The largest absolute Gasteiger partial charge is 0.496 e. The standard InChI is InChI=1S/C19H29ClN4O2.HI/c1-5-21-19(22-11-14-6-7-15(20)10-17(14)26-4)23-16-8-9-24(12-16)18(25)13(2)3;/h6-7,10,13,16H,5,8-9,11-12H2,1-4H3,(H2,21,22,23);1H. The maximum absolute atomic E-state index is 12.1. The first-order chi connectivity index (χ1) is 12.4. The van der Waals surface area contributed by atoms with E-state index in [-0.39, 0.29) is 41.8 Å². The molecule has 1 aliphatic rings. The van der Waals surface area contributed by atoms with Crippen molar-refractivity contribution in [1.29, 1.82) is 0 Å². The Morgan fingerprint density at radius 1 is 1.44 bits per heavy atom. The van der Waals surface area contributed by atoms with E-state index in [0.717, 1.165) is 36.8 Å². The van der Waals surface area contributed by atoms with Crippen molar-refractivity contribution in [2.45, 2.75) is 39.8 Å². The number of likely N-dealkylation sites (tertiary alicyclic amines) is 1. The molecule has 1 aromatic rings. The van der Waals surface area contributed by atoms with E-state index in [0.29, 0.717) is 18.1 Å². The van der Waals surface area contributed by atoms with E-state index in [1.165, 1.54) is 0 Å². The summed E-state index contributed by atoms with van der Waals surface area (Å²) >= 11 is 6.01. The molecule has 1 atom stereocenters. The van der Waals surface area contributed by atoms with Gasteiger partial charge in [-0.15, -0.1) is 24.0 Å². The molecule has 6 nitrogen and oxygen atoms in total. The van der Waals surface area contributed by atoms with Gasteiger partial charge >= 0.3 is 0 Å². The predicted octanol–water partition coefficient (Wildman–Crippen LogP) is 3.28. The Hall–Kier alpha value is -1.22. The molecule has 0 spiro atoms. The minimum Gasteiger partial charge on any atom is -0.496 e. The number of carbonyl (C=O) groups is 1. The molecule has 0 aliphatic carbocycles. The molecule has 1 aromatic carbocycles. The van der Waals surface area contributed by atoms with Gasteiger partial charge in [0.05, 0.1) is 13.7 Å². The van der Waals surface area contributed by atoms with Crippen LogP contribution in [0.2, 0.25) is 5.02 Å². The van der Waals surface area contributed by atoms with Gasteiger partial charge in [-0.25, -0.2) is 4.99 Å². The van der Waals surface area contributed by atoms with Crippen LogP contribution in [0.15, 0.2) is 23.2 Å². The van der Waals surface area contributed by atoms with E-state index < -0.39 is 0 Å². The van der Waals surface area contributed by atoms with E-state index in [9.17, 15) is 4.79 Å². The maximum Gasteiger partial charge on any atom is 0.225 e. The quantitative estimate of drug-likeness (QED) is 0.352. The van der Waals surface area contributed by atoms with E-state index in [1.807, 2.05) is 37.8 Å². The summed E-state index contributed by atoms with van der Waals surface area (Å²) in [6, 6.07) is 5.76. The number of ether oxygens (including phenoxy) is 1. The van der Waals surface area contributed by atoms with Crippen molar-refractivity contribution >= 4 is 47.4 Å². The van der Waals surface area contributed by atoms with Crippen LogP contribution in [0.3, 0.4) is 0 Å². The summed E-state index contributed by atoms with van der Waals surface area (Å²) in [6.07, 6.45) is 0.924. The minimum absolute atomic E-state index is 0. The van der Waals surface area contributed by atoms with Crippen molar-refractivity contribution in [2.24, 2.45) is 10.9 Å². The van der Waals surface area contributed by atoms with Gasteiger partial charge in [0.25, 0.3) is 0 Å². The second-order valence-corrected chi connectivity index (χ2v) is 7.16. The second-order valence-electron chi connectivity index (χ2n) is 6.72. The molecular formula is C19H30ClIN4O2. The zero-order valence-corrected chi connectivity index (χ0v) is 19.5. The Bertz CT molecular complexity index is 655. The molecule has 1 saturated heterocycles. The summed E-state index contributed by atoms with van der Waals surface area (Å²) < 4.78 is 5.38. The van der Waals surface area contributed by atoms with Gasteiger partial charge in [0, 0.05) is 42.2 Å². The van der Waals surface area contributed by atoms with Gasteiger partial charge in [0.2, 0.25) is 5.91 Å². The average Bonchev–Trinajstić information content (AvgIpc) is 3.08. The fourth-order valence-corrected chi connectivity index (χ4v) is 3.13. The Balaban J connectivity index is 0.00000364. The van der Waals surface area contributed by atoms with Gasteiger partial charge in [-0.1, -0.05) is 31.5 Å². The Morgan fingerprint density at radius 3 is 2.81 bits per heavy atom. The Labute approximate surface area is 184 Å². The van der Waals surface area contributed by atoms with Crippen LogP contribution in [0.25, 0.3) is 0 Å². The molecular weight excluding hydrogens is 479 g/mol. The third-order valence-electron chi connectivity index (χ3n) is 4.34. The van der Waals surface area contributed by atoms with Crippen molar-refractivity contribution in [3.05, 3.63) is 28.8 Å². The summed E-state index contributed by atoms with van der Waals surface area (Å²) in [5, 5.41) is 7.34. The Kier molecular flexibility index (Phi) is 10.2. The number of aliphatic imine (C=N–C) groups is 1. The summed E-state index contributed by atoms with van der Waals surface area (Å²) in [6.45, 7) is 8.66. The van der Waals surface area contributed by atoms with Gasteiger partial charge in [-0.05, 0) is 25.5 Å². The fourth-order valence-electron chi connectivity index (χ4n) is 2.97. The number of hydrogen-bond acceptors (Lipinski definition) is 3. The Morgan fingerprint density at radius 2 is 2.19 bits per heavy atom. The number of amides is 1. The zero-order valence-electron chi connectivity index (χ0n) is 16.4. The number of halogens is 2. The highest BCUT2D eigenvalue weighted by molar-refractivity contribution is 14.0. The number of nitrogens with zero attached hydrogens (tertiary/aromatic N) is 2. The van der Waals surface area contributed by atoms with E-state index in [1.54, 1.807) is 13.2 Å². The zero-order chi connectivity index (χ0) is 19.1. The van der Waals surface area contributed by atoms with Crippen LogP contribution < -0.4 is 15.4 Å². The molecule has 2 rings (SSSR count). The number of nitrogens with one attached hydrogen (secondary N) is 2. The van der Waals surface area contributed by atoms with Crippen molar-refractivity contribution < 1.29 is 9.53 Å². The lowest BCUT2D eigenvalue weighted by Crippen LogP contribution is -2.45. The summed E-state index contributed by atoms with van der Waals surface area (Å²) in [7, 11) is 1.63. The molecule has 0 radical (unpaired) electrons. The maximum atomic E-state index is 12.1. The summed E-state index contributed by atoms with van der Waals surface area (Å²) in [5.41, 5.74) is 0.970. The number of carbonyl (C=O) groups excluding carboxylic acids is 1. The topological polar surface area (TPSA) is 66.0 Å². The highest BCUT2D eigenvalue weighted by Crippen LogP contribution is 2.23. The smallest absolute Gasteiger partial charge is 0.225 e. The summed E-state index contributed by atoms with van der Waals surface area (Å²) in [4.78, 5) is 18.7. The van der Waals surface area contributed by atoms with E-state index >= 15 is 0 Å². The molecule has 2 N–H and O–H groups in total. The van der Waals surface area contributed by atoms with Crippen LogP contribution in [0.4, 0.5) is 0 Å². The molecule has 8 heteroatoms. The molecule has 1 aliphatic heterocycles. The van der Waals surface area contributed by atoms with Crippen molar-refractivity contribution in [3.63, 3.8) is 0 Å². The van der Waals surface area contributed by atoms with Gasteiger partial charge in [0.15, 0.2) is 5.96 Å². The van der Waals surface area contributed by atoms with Crippen LogP contribution in [-0.4, -0.2) is 49.6 Å². The predicted molar refractivity (Wildman–Crippen MR) is 121 cm³/mol. The third-order valence-corrected chi connectivity index (χ3v) is 4.57. The second kappa shape index (κ2) is 11.6. The van der Waals surface area contributed by atoms with Crippen molar-refractivity contribution in [2.75, 3.05) is 26.7 Å². The van der Waals surface area contributed by atoms with Crippen LogP contribution in [0, 0.1) is 5.92 Å². The highest BCUT2D eigenvalue weighted by Gasteiger charge is 2.27. The van der Waals surface area contributed by atoms with Crippen LogP contribution >= 0.6 is 35.6 Å². The first-order valence-corrected chi connectivity index (χ1v) is 9.48. The van der Waals surface area contributed by atoms with Crippen molar-refractivity contribution in [1.82, 2.24) is 15.5 Å². The van der Waals surface area contributed by atoms with Crippen molar-refractivity contribution in [3.8, 4) is 5.75 Å². The molecule has 1 fully saturated rings. The van der Waals surface area contributed by atoms with E-state index in [4.69, 9.17) is 16.3 Å². The highest BCUT2D eigenvalue weighted by atomic mass is 127. The number of methoxy groups -OCH3 is 1. The monoisotopic (exact) mass is 508 g/mol. The number of benzene rings is 1. The molecule has 0 aromatic heterocycles. The normalized spacial score (nSPS) is 16.9. The number of hydrogen-bond donors (Lipinski definition) is 2. The van der Waals surface area contributed by atoms with Crippen LogP contribution in [0.1, 0.15) is 32.8 Å².